The first-order chi connectivity index (χ1) is 9.45. The molecule has 2 N–H and O–H groups in total. The maximum absolute atomic E-state index is 11.5. The average Bonchev–Trinajstić information content (AvgIpc) is 2.44. The highest BCUT2D eigenvalue weighted by molar-refractivity contribution is 5.74. The van der Waals surface area contributed by atoms with Crippen molar-refractivity contribution in [1.82, 2.24) is 0 Å². The van der Waals surface area contributed by atoms with Gasteiger partial charge in [-0.05, 0) is 30.9 Å². The molecule has 1 aliphatic heterocycles. The molecule has 0 amide bonds. The Balaban J connectivity index is 2.43. The Labute approximate surface area is 118 Å². The smallest absolute Gasteiger partial charge is 0.311 e. The zero-order valence-electron chi connectivity index (χ0n) is 11.8. The van der Waals surface area contributed by atoms with Gasteiger partial charge < -0.3 is 19.7 Å². The molecule has 0 fully saturated rings. The van der Waals surface area contributed by atoms with Gasteiger partial charge in [-0.25, -0.2) is 0 Å². The summed E-state index contributed by atoms with van der Waals surface area (Å²) in [6.45, 7) is 5.27. The van der Waals surface area contributed by atoms with E-state index in [4.69, 9.17) is 9.47 Å². The molecule has 0 spiro atoms. The number of hydrogen-bond donors (Lipinski definition) is 2. The highest BCUT2D eigenvalue weighted by Crippen LogP contribution is 2.39. The van der Waals surface area contributed by atoms with Crippen molar-refractivity contribution < 1.29 is 24.5 Å². The lowest BCUT2D eigenvalue weighted by atomic mass is 9.86. The molecule has 2 rings (SSSR count). The Bertz CT molecular complexity index is 500. The first-order valence-corrected chi connectivity index (χ1v) is 6.67. The summed E-state index contributed by atoms with van der Waals surface area (Å²) in [6.07, 6.45) is 0.0205. The molecule has 5 heteroatoms. The molecule has 0 bridgehead atoms. The van der Waals surface area contributed by atoms with Crippen molar-refractivity contribution in [1.29, 1.82) is 0 Å². The second kappa shape index (κ2) is 5.81. The topological polar surface area (TPSA) is 76.0 Å². The predicted molar refractivity (Wildman–Crippen MR) is 72.4 cm³/mol. The maximum atomic E-state index is 11.5. The van der Waals surface area contributed by atoms with E-state index in [1.807, 2.05) is 0 Å². The molecule has 0 aromatic carbocycles. The summed E-state index contributed by atoms with van der Waals surface area (Å²) in [7, 11) is 1.51. The first kappa shape index (κ1) is 14.8. The lowest BCUT2D eigenvalue weighted by Gasteiger charge is -2.31. The predicted octanol–water partition coefficient (Wildman–Crippen LogP) is 1.57. The number of ether oxygens (including phenoxy) is 2. The summed E-state index contributed by atoms with van der Waals surface area (Å²) in [6, 6.07) is 0. The molecule has 2 atom stereocenters. The monoisotopic (exact) mass is 280 g/mol. The SMILES string of the molecule is C=C(C)C(O)C(O)C1=C(OC)CCC2=C1OC(=O)CC2. The number of rotatable bonds is 4. The number of aliphatic hydroxyl groups excluding tert-OH is 2. The summed E-state index contributed by atoms with van der Waals surface area (Å²) < 4.78 is 10.6. The van der Waals surface area contributed by atoms with Crippen molar-refractivity contribution in [2.45, 2.75) is 44.8 Å². The van der Waals surface area contributed by atoms with Gasteiger partial charge in [0, 0.05) is 12.8 Å². The molecule has 0 saturated heterocycles. The fraction of sp³-hybridized carbons (Fsp3) is 0.533. The lowest BCUT2D eigenvalue weighted by Crippen LogP contribution is -2.33. The van der Waals surface area contributed by atoms with Crippen molar-refractivity contribution in [2.24, 2.45) is 0 Å². The average molecular weight is 280 g/mol. The Morgan fingerprint density at radius 1 is 1.30 bits per heavy atom. The third-order valence-corrected chi connectivity index (χ3v) is 3.71. The largest absolute Gasteiger partial charge is 0.501 e. The van der Waals surface area contributed by atoms with E-state index in [1.54, 1.807) is 6.92 Å². The van der Waals surface area contributed by atoms with E-state index in [9.17, 15) is 15.0 Å². The van der Waals surface area contributed by atoms with Crippen LogP contribution in [0.2, 0.25) is 0 Å². The fourth-order valence-corrected chi connectivity index (χ4v) is 2.55. The Kier molecular flexibility index (Phi) is 4.30. The molecule has 0 aromatic rings. The third kappa shape index (κ3) is 2.64. The second-order valence-electron chi connectivity index (χ2n) is 5.18. The molecule has 110 valence electrons. The van der Waals surface area contributed by atoms with E-state index in [0.717, 1.165) is 12.0 Å². The van der Waals surface area contributed by atoms with Crippen molar-refractivity contribution in [3.05, 3.63) is 34.8 Å². The fourth-order valence-electron chi connectivity index (χ4n) is 2.55. The number of hydrogen-bond acceptors (Lipinski definition) is 5. The van der Waals surface area contributed by atoms with Crippen LogP contribution in [0.1, 0.15) is 32.6 Å². The van der Waals surface area contributed by atoms with Crippen molar-refractivity contribution in [3.63, 3.8) is 0 Å². The number of aliphatic hydroxyl groups is 2. The van der Waals surface area contributed by atoms with Crippen LogP contribution >= 0.6 is 0 Å². The summed E-state index contributed by atoms with van der Waals surface area (Å²) in [5.74, 6) is 0.596. The third-order valence-electron chi connectivity index (χ3n) is 3.71. The van der Waals surface area contributed by atoms with E-state index in [-0.39, 0.29) is 5.97 Å². The highest BCUT2D eigenvalue weighted by Gasteiger charge is 2.36. The summed E-state index contributed by atoms with van der Waals surface area (Å²) in [5.41, 5.74) is 1.81. The molecule has 0 aromatic heterocycles. The number of allylic oxidation sites excluding steroid dienone is 2. The van der Waals surface area contributed by atoms with E-state index in [2.05, 4.69) is 6.58 Å². The molecule has 2 aliphatic rings. The van der Waals surface area contributed by atoms with Gasteiger partial charge in [-0.1, -0.05) is 6.58 Å². The minimum Gasteiger partial charge on any atom is -0.501 e. The zero-order valence-corrected chi connectivity index (χ0v) is 11.8. The van der Waals surface area contributed by atoms with Gasteiger partial charge in [0.25, 0.3) is 0 Å². The molecule has 1 heterocycles. The molecular formula is C15H20O5. The van der Waals surface area contributed by atoms with Crippen LogP contribution in [0.5, 0.6) is 0 Å². The van der Waals surface area contributed by atoms with E-state index in [0.29, 0.717) is 41.9 Å². The van der Waals surface area contributed by atoms with Crippen molar-refractivity contribution >= 4 is 5.97 Å². The lowest BCUT2D eigenvalue weighted by molar-refractivity contribution is -0.140. The molecule has 2 unspecified atom stereocenters. The second-order valence-corrected chi connectivity index (χ2v) is 5.18. The van der Waals surface area contributed by atoms with Gasteiger partial charge in [-0.2, -0.15) is 0 Å². The van der Waals surface area contributed by atoms with E-state index >= 15 is 0 Å². The number of methoxy groups -OCH3 is 1. The van der Waals surface area contributed by atoms with Crippen molar-refractivity contribution in [3.8, 4) is 0 Å². The quantitative estimate of drug-likeness (QED) is 0.604. The number of esters is 1. The van der Waals surface area contributed by atoms with Crippen molar-refractivity contribution in [2.75, 3.05) is 7.11 Å². The minimum absolute atomic E-state index is 0.324. The van der Waals surface area contributed by atoms with Gasteiger partial charge in [-0.15, -0.1) is 0 Å². The van der Waals surface area contributed by atoms with Crippen LogP contribution in [0.3, 0.4) is 0 Å². The number of carbonyl (C=O) groups excluding carboxylic acids is 1. The van der Waals surface area contributed by atoms with Gasteiger partial charge >= 0.3 is 5.97 Å². The van der Waals surface area contributed by atoms with Gasteiger partial charge in [0.15, 0.2) is 0 Å². The van der Waals surface area contributed by atoms with Gasteiger partial charge in [0.05, 0.1) is 12.7 Å². The van der Waals surface area contributed by atoms with Crippen LogP contribution in [0.25, 0.3) is 0 Å². The molecule has 1 aliphatic carbocycles. The molecule has 5 nitrogen and oxygen atoms in total. The van der Waals surface area contributed by atoms with Gasteiger partial charge in [-0.3, -0.25) is 4.79 Å². The Morgan fingerprint density at radius 3 is 2.55 bits per heavy atom. The highest BCUT2D eigenvalue weighted by atomic mass is 16.5. The standard InChI is InChI=1S/C15H20O5/c1-8(2)13(17)14(18)12-10(19-3)6-4-9-5-7-11(16)20-15(9)12/h13-14,17-18H,1,4-7H2,2-3H3. The Morgan fingerprint density at radius 2 is 1.95 bits per heavy atom. The van der Waals surface area contributed by atoms with Crippen LogP contribution in [0, 0.1) is 0 Å². The number of carbonyl (C=O) groups is 1. The van der Waals surface area contributed by atoms with Crippen LogP contribution in [0.4, 0.5) is 0 Å². The Hall–Kier alpha value is -1.59. The molecular weight excluding hydrogens is 260 g/mol. The van der Waals surface area contributed by atoms with Crippen LogP contribution in [0.15, 0.2) is 34.8 Å². The molecule has 0 radical (unpaired) electrons. The van der Waals surface area contributed by atoms with Gasteiger partial charge in [0.2, 0.25) is 0 Å². The van der Waals surface area contributed by atoms with Crippen LogP contribution in [-0.4, -0.2) is 35.5 Å². The normalized spacial score (nSPS) is 22.1. The zero-order chi connectivity index (χ0) is 14.9. The van der Waals surface area contributed by atoms with Gasteiger partial charge in [0.1, 0.15) is 23.7 Å². The molecule has 20 heavy (non-hydrogen) atoms. The first-order valence-electron chi connectivity index (χ1n) is 6.67. The van der Waals surface area contributed by atoms with E-state index in [1.165, 1.54) is 7.11 Å². The molecule has 0 saturated carbocycles. The van der Waals surface area contributed by atoms with Crippen LogP contribution < -0.4 is 0 Å². The van der Waals surface area contributed by atoms with Crippen LogP contribution in [-0.2, 0) is 14.3 Å². The maximum Gasteiger partial charge on any atom is 0.311 e. The summed E-state index contributed by atoms with van der Waals surface area (Å²) >= 11 is 0. The summed E-state index contributed by atoms with van der Waals surface area (Å²) in [4.78, 5) is 11.5. The van der Waals surface area contributed by atoms with E-state index < -0.39 is 12.2 Å². The minimum atomic E-state index is -1.21. The summed E-state index contributed by atoms with van der Waals surface area (Å²) in [5, 5.41) is 20.4.